The van der Waals surface area contributed by atoms with Gasteiger partial charge >= 0.3 is 0 Å². The van der Waals surface area contributed by atoms with Crippen LogP contribution < -0.4 is 0 Å². The molecule has 18 heavy (non-hydrogen) atoms. The summed E-state index contributed by atoms with van der Waals surface area (Å²) in [5.41, 5.74) is 5.54. The minimum atomic E-state index is 1.04. The third kappa shape index (κ3) is 1.59. The van der Waals surface area contributed by atoms with E-state index in [-0.39, 0.29) is 0 Å². The fourth-order valence-corrected chi connectivity index (χ4v) is 2.32. The molecule has 0 bridgehead atoms. The molecule has 0 N–H and O–H groups in total. The molecule has 0 unspecified atom stereocenters. The number of nitrogens with zero attached hydrogens (tertiary/aromatic N) is 3. The van der Waals surface area contributed by atoms with Crippen LogP contribution in [-0.4, -0.2) is 14.5 Å². The molecule has 3 aromatic heterocycles. The molecular formula is C15H15N3. The number of fused-ring (bicyclic) bond motifs is 1. The summed E-state index contributed by atoms with van der Waals surface area (Å²) >= 11 is 0. The maximum atomic E-state index is 4.49. The summed E-state index contributed by atoms with van der Waals surface area (Å²) < 4.78 is 2.15. The maximum Gasteiger partial charge on any atom is 0.0895 e. The molecule has 0 aliphatic carbocycles. The molecule has 3 heteroatoms. The zero-order valence-electron chi connectivity index (χ0n) is 10.8. The Hall–Kier alpha value is -2.16. The van der Waals surface area contributed by atoms with Crippen molar-refractivity contribution in [2.45, 2.75) is 13.8 Å². The second kappa shape index (κ2) is 3.95. The third-order valence-corrected chi connectivity index (χ3v) is 3.32. The van der Waals surface area contributed by atoms with Gasteiger partial charge < -0.3 is 4.57 Å². The van der Waals surface area contributed by atoms with Crippen molar-refractivity contribution in [1.82, 2.24) is 14.5 Å². The summed E-state index contributed by atoms with van der Waals surface area (Å²) in [6.45, 7) is 4.10. The predicted molar refractivity (Wildman–Crippen MR) is 73.4 cm³/mol. The van der Waals surface area contributed by atoms with Crippen LogP contribution in [0, 0.1) is 13.8 Å². The van der Waals surface area contributed by atoms with Crippen LogP contribution in [0.1, 0.15) is 11.3 Å². The van der Waals surface area contributed by atoms with Gasteiger partial charge in [0.05, 0.1) is 23.1 Å². The lowest BCUT2D eigenvalue weighted by Crippen LogP contribution is -1.95. The molecule has 0 saturated carbocycles. The molecule has 0 spiro atoms. The Kier molecular flexibility index (Phi) is 2.40. The molecule has 90 valence electrons. The van der Waals surface area contributed by atoms with Gasteiger partial charge in [0.25, 0.3) is 0 Å². The Morgan fingerprint density at radius 1 is 1.11 bits per heavy atom. The Balaban J connectivity index is 2.31. The van der Waals surface area contributed by atoms with Gasteiger partial charge in [-0.25, -0.2) is 0 Å². The van der Waals surface area contributed by atoms with Gasteiger partial charge in [-0.2, -0.15) is 0 Å². The minimum Gasteiger partial charge on any atom is -0.341 e. The molecule has 3 heterocycles. The number of hydrogen-bond acceptors (Lipinski definition) is 2. The average Bonchev–Trinajstić information content (AvgIpc) is 2.67. The summed E-state index contributed by atoms with van der Waals surface area (Å²) in [6.07, 6.45) is 3.76. The standard InChI is InChI=1S/C15H15N3/c1-10-5-4-6-16-15(10)13-8-12-7-11(2)17-9-14(12)18(13)3/h4-9H,1-3H3. The fraction of sp³-hybridized carbons (Fsp3) is 0.200. The lowest BCUT2D eigenvalue weighted by atomic mass is 10.1. The molecule has 3 nitrogen and oxygen atoms in total. The third-order valence-electron chi connectivity index (χ3n) is 3.32. The van der Waals surface area contributed by atoms with Crippen molar-refractivity contribution in [1.29, 1.82) is 0 Å². The van der Waals surface area contributed by atoms with Gasteiger partial charge in [-0.3, -0.25) is 9.97 Å². The van der Waals surface area contributed by atoms with Gasteiger partial charge in [-0.05, 0) is 37.6 Å². The highest BCUT2D eigenvalue weighted by atomic mass is 15.0. The number of rotatable bonds is 1. The topological polar surface area (TPSA) is 30.7 Å². The quantitative estimate of drug-likeness (QED) is 0.650. The first-order valence-electron chi connectivity index (χ1n) is 6.01. The minimum absolute atomic E-state index is 1.04. The summed E-state index contributed by atoms with van der Waals surface area (Å²) in [5, 5.41) is 1.21. The molecule has 0 saturated heterocycles. The van der Waals surface area contributed by atoms with Crippen molar-refractivity contribution in [2.24, 2.45) is 7.05 Å². The summed E-state index contributed by atoms with van der Waals surface area (Å²) in [7, 11) is 2.06. The molecule has 0 fully saturated rings. The van der Waals surface area contributed by atoms with E-state index in [0.29, 0.717) is 0 Å². The number of pyridine rings is 2. The first-order valence-corrected chi connectivity index (χ1v) is 6.01. The van der Waals surface area contributed by atoms with Crippen molar-refractivity contribution in [3.63, 3.8) is 0 Å². The highest BCUT2D eigenvalue weighted by Crippen LogP contribution is 2.27. The van der Waals surface area contributed by atoms with E-state index < -0.39 is 0 Å². The van der Waals surface area contributed by atoms with E-state index in [4.69, 9.17) is 0 Å². The molecule has 0 aliphatic rings. The van der Waals surface area contributed by atoms with Gasteiger partial charge in [0.15, 0.2) is 0 Å². The van der Waals surface area contributed by atoms with Crippen LogP contribution in [0.25, 0.3) is 22.3 Å². The molecule has 0 aromatic carbocycles. The first kappa shape index (κ1) is 11.0. The number of hydrogen-bond donors (Lipinski definition) is 0. The summed E-state index contributed by atoms with van der Waals surface area (Å²) in [6, 6.07) is 8.34. The van der Waals surface area contributed by atoms with Crippen molar-refractivity contribution < 1.29 is 0 Å². The Bertz CT molecular complexity index is 726. The number of aryl methyl sites for hydroxylation is 3. The van der Waals surface area contributed by atoms with Crippen molar-refractivity contribution >= 4 is 10.9 Å². The van der Waals surface area contributed by atoms with Crippen LogP contribution in [-0.2, 0) is 7.05 Å². The molecule has 0 radical (unpaired) electrons. The Morgan fingerprint density at radius 2 is 1.94 bits per heavy atom. The normalized spacial score (nSPS) is 11.1. The molecule has 0 aliphatic heterocycles. The van der Waals surface area contributed by atoms with E-state index in [1.165, 1.54) is 10.9 Å². The van der Waals surface area contributed by atoms with Crippen LogP contribution in [0.15, 0.2) is 36.7 Å². The van der Waals surface area contributed by atoms with Crippen LogP contribution in [0.5, 0.6) is 0 Å². The van der Waals surface area contributed by atoms with Gasteiger partial charge in [0.1, 0.15) is 0 Å². The molecule has 0 amide bonds. The van der Waals surface area contributed by atoms with Gasteiger partial charge in [-0.15, -0.1) is 0 Å². The molecule has 0 atom stereocenters. The predicted octanol–water partition coefficient (Wildman–Crippen LogP) is 3.25. The van der Waals surface area contributed by atoms with E-state index in [9.17, 15) is 0 Å². The molecular weight excluding hydrogens is 222 g/mol. The smallest absolute Gasteiger partial charge is 0.0895 e. The maximum absolute atomic E-state index is 4.49. The van der Waals surface area contributed by atoms with Crippen LogP contribution in [0.2, 0.25) is 0 Å². The van der Waals surface area contributed by atoms with Gasteiger partial charge in [-0.1, -0.05) is 6.07 Å². The van der Waals surface area contributed by atoms with Crippen molar-refractivity contribution in [3.8, 4) is 11.4 Å². The summed E-state index contributed by atoms with van der Waals surface area (Å²) in [4.78, 5) is 8.84. The van der Waals surface area contributed by atoms with Crippen LogP contribution in [0.4, 0.5) is 0 Å². The number of aromatic nitrogens is 3. The van der Waals surface area contributed by atoms with Crippen LogP contribution in [0.3, 0.4) is 0 Å². The lowest BCUT2D eigenvalue weighted by Gasteiger charge is -2.06. The zero-order chi connectivity index (χ0) is 12.7. The van der Waals surface area contributed by atoms with Crippen molar-refractivity contribution in [2.75, 3.05) is 0 Å². The van der Waals surface area contributed by atoms with E-state index in [1.807, 2.05) is 25.4 Å². The summed E-state index contributed by atoms with van der Waals surface area (Å²) in [5.74, 6) is 0. The Morgan fingerprint density at radius 3 is 2.72 bits per heavy atom. The lowest BCUT2D eigenvalue weighted by molar-refractivity contribution is 0.962. The van der Waals surface area contributed by atoms with Crippen LogP contribution >= 0.6 is 0 Å². The van der Waals surface area contributed by atoms with E-state index >= 15 is 0 Å². The van der Waals surface area contributed by atoms with E-state index in [0.717, 1.165) is 22.6 Å². The SMILES string of the molecule is Cc1cc2cc(-c3ncccc3C)n(C)c2cn1. The molecule has 3 rings (SSSR count). The first-order chi connectivity index (χ1) is 8.66. The largest absolute Gasteiger partial charge is 0.341 e. The van der Waals surface area contributed by atoms with Crippen molar-refractivity contribution in [3.05, 3.63) is 47.9 Å². The van der Waals surface area contributed by atoms with E-state index in [1.54, 1.807) is 0 Å². The average molecular weight is 237 g/mol. The second-order valence-corrected chi connectivity index (χ2v) is 4.64. The van der Waals surface area contributed by atoms with E-state index in [2.05, 4.69) is 46.7 Å². The molecule has 3 aromatic rings. The second-order valence-electron chi connectivity index (χ2n) is 4.64. The Labute approximate surface area is 106 Å². The van der Waals surface area contributed by atoms with Gasteiger partial charge in [0, 0.05) is 24.3 Å². The highest BCUT2D eigenvalue weighted by Gasteiger charge is 2.11. The van der Waals surface area contributed by atoms with Gasteiger partial charge in [0.2, 0.25) is 0 Å². The fourth-order valence-electron chi connectivity index (χ4n) is 2.32. The highest BCUT2D eigenvalue weighted by molar-refractivity contribution is 5.86. The monoisotopic (exact) mass is 237 g/mol. The zero-order valence-corrected chi connectivity index (χ0v) is 10.8.